The Kier molecular flexibility index (Phi) is 3.88. The largest absolute Gasteiger partial charge is 0.306 e. The number of pyridine rings is 2. The third kappa shape index (κ3) is 2.96. The SMILES string of the molecule is O=c1[nH]c(-c2ccncc2)nc2c1CCN(Cc1ccccn1)C2. The fourth-order valence-electron chi connectivity index (χ4n) is 3.00. The third-order valence-corrected chi connectivity index (χ3v) is 4.22. The Morgan fingerprint density at radius 1 is 1.12 bits per heavy atom. The van der Waals surface area contributed by atoms with E-state index in [1.807, 2.05) is 30.3 Å². The molecule has 0 saturated heterocycles. The number of H-pyrrole nitrogens is 1. The predicted octanol–water partition coefficient (Wildman–Crippen LogP) is 1.79. The summed E-state index contributed by atoms with van der Waals surface area (Å²) in [5.41, 5.74) is 3.51. The van der Waals surface area contributed by atoms with Crippen LogP contribution in [0.3, 0.4) is 0 Å². The minimum absolute atomic E-state index is 0.0377. The number of fused-ring (bicyclic) bond motifs is 1. The quantitative estimate of drug-likeness (QED) is 0.796. The Bertz CT molecular complexity index is 892. The molecule has 1 aliphatic heterocycles. The molecule has 1 aliphatic rings. The van der Waals surface area contributed by atoms with Crippen molar-refractivity contribution in [3.8, 4) is 11.4 Å². The highest BCUT2D eigenvalue weighted by molar-refractivity contribution is 5.54. The van der Waals surface area contributed by atoms with Gasteiger partial charge in [-0.25, -0.2) is 4.98 Å². The van der Waals surface area contributed by atoms with Gasteiger partial charge in [-0.3, -0.25) is 19.7 Å². The van der Waals surface area contributed by atoms with Gasteiger partial charge in [-0.1, -0.05) is 6.07 Å². The van der Waals surface area contributed by atoms with E-state index in [4.69, 9.17) is 4.98 Å². The maximum atomic E-state index is 12.4. The van der Waals surface area contributed by atoms with Crippen LogP contribution in [0.1, 0.15) is 17.0 Å². The molecule has 1 N–H and O–H groups in total. The van der Waals surface area contributed by atoms with Gasteiger partial charge >= 0.3 is 0 Å². The number of nitrogens with one attached hydrogen (secondary N) is 1. The Morgan fingerprint density at radius 2 is 2.00 bits per heavy atom. The Hall–Kier alpha value is -2.86. The van der Waals surface area contributed by atoms with Gasteiger partial charge in [-0.15, -0.1) is 0 Å². The minimum Gasteiger partial charge on any atom is -0.306 e. The molecule has 3 aromatic heterocycles. The standard InChI is InChI=1S/C18H17N5O/c24-18-15-6-10-23(11-14-3-1-2-7-20-14)12-16(15)21-17(22-18)13-4-8-19-9-5-13/h1-5,7-9H,6,10-12H2,(H,21,22,24). The van der Waals surface area contributed by atoms with Crippen molar-refractivity contribution in [2.75, 3.05) is 6.54 Å². The van der Waals surface area contributed by atoms with Crippen LogP contribution in [-0.2, 0) is 19.5 Å². The number of aromatic nitrogens is 4. The van der Waals surface area contributed by atoms with E-state index in [1.165, 1.54) is 0 Å². The molecule has 120 valence electrons. The molecule has 6 nitrogen and oxygen atoms in total. The van der Waals surface area contributed by atoms with Crippen molar-refractivity contribution >= 4 is 0 Å². The zero-order chi connectivity index (χ0) is 16.4. The van der Waals surface area contributed by atoms with Gasteiger partial charge in [0.1, 0.15) is 5.82 Å². The maximum Gasteiger partial charge on any atom is 0.254 e. The monoisotopic (exact) mass is 319 g/mol. The summed E-state index contributed by atoms with van der Waals surface area (Å²) >= 11 is 0. The van der Waals surface area contributed by atoms with Crippen LogP contribution in [0.2, 0.25) is 0 Å². The predicted molar refractivity (Wildman–Crippen MR) is 90.1 cm³/mol. The van der Waals surface area contributed by atoms with E-state index in [-0.39, 0.29) is 5.56 Å². The molecule has 0 unspecified atom stereocenters. The first-order valence-corrected chi connectivity index (χ1v) is 7.94. The molecule has 4 rings (SSSR count). The number of nitrogens with zero attached hydrogens (tertiary/aromatic N) is 4. The molecule has 0 atom stereocenters. The first-order chi connectivity index (χ1) is 11.8. The molecule has 0 aliphatic carbocycles. The van der Waals surface area contributed by atoms with E-state index < -0.39 is 0 Å². The van der Waals surface area contributed by atoms with Gasteiger partial charge in [0, 0.05) is 49.4 Å². The van der Waals surface area contributed by atoms with Crippen LogP contribution < -0.4 is 5.56 Å². The van der Waals surface area contributed by atoms with Crippen LogP contribution in [0.5, 0.6) is 0 Å². The molecule has 6 heteroatoms. The summed E-state index contributed by atoms with van der Waals surface area (Å²) in [5, 5.41) is 0. The zero-order valence-corrected chi connectivity index (χ0v) is 13.1. The molecule has 24 heavy (non-hydrogen) atoms. The van der Waals surface area contributed by atoms with E-state index in [0.717, 1.165) is 35.6 Å². The average molecular weight is 319 g/mol. The highest BCUT2D eigenvalue weighted by atomic mass is 16.1. The normalized spacial score (nSPS) is 14.3. The smallest absolute Gasteiger partial charge is 0.254 e. The molecular weight excluding hydrogens is 302 g/mol. The first kappa shape index (κ1) is 14.7. The number of rotatable bonds is 3. The molecule has 4 heterocycles. The summed E-state index contributed by atoms with van der Waals surface area (Å²) in [6, 6.07) is 9.61. The average Bonchev–Trinajstić information content (AvgIpc) is 2.63. The number of aromatic amines is 1. The summed E-state index contributed by atoms with van der Waals surface area (Å²) in [6.07, 6.45) is 5.91. The number of hydrogen-bond donors (Lipinski definition) is 1. The number of hydrogen-bond acceptors (Lipinski definition) is 5. The van der Waals surface area contributed by atoms with Gasteiger partial charge in [0.05, 0.1) is 11.4 Å². The van der Waals surface area contributed by atoms with Crippen molar-refractivity contribution in [1.29, 1.82) is 0 Å². The zero-order valence-electron chi connectivity index (χ0n) is 13.1. The molecule has 0 saturated carbocycles. The lowest BCUT2D eigenvalue weighted by atomic mass is 10.1. The minimum atomic E-state index is -0.0377. The Labute approximate surface area is 139 Å². The third-order valence-electron chi connectivity index (χ3n) is 4.22. The Morgan fingerprint density at radius 3 is 2.79 bits per heavy atom. The van der Waals surface area contributed by atoms with Crippen molar-refractivity contribution in [1.82, 2.24) is 24.8 Å². The molecule has 0 aromatic carbocycles. The van der Waals surface area contributed by atoms with E-state index >= 15 is 0 Å². The van der Waals surface area contributed by atoms with Gasteiger partial charge in [-0.05, 0) is 30.7 Å². The Balaban J connectivity index is 1.62. The van der Waals surface area contributed by atoms with Gasteiger partial charge in [-0.2, -0.15) is 0 Å². The second kappa shape index (κ2) is 6.33. The second-order valence-electron chi connectivity index (χ2n) is 5.86. The van der Waals surface area contributed by atoms with Gasteiger partial charge in [0.25, 0.3) is 5.56 Å². The van der Waals surface area contributed by atoms with Crippen LogP contribution >= 0.6 is 0 Å². The summed E-state index contributed by atoms with van der Waals surface area (Å²) in [7, 11) is 0. The molecule has 0 fully saturated rings. The van der Waals surface area contributed by atoms with Crippen LogP contribution in [0.4, 0.5) is 0 Å². The van der Waals surface area contributed by atoms with Crippen molar-refractivity contribution in [3.63, 3.8) is 0 Å². The first-order valence-electron chi connectivity index (χ1n) is 7.94. The molecule has 3 aromatic rings. The van der Waals surface area contributed by atoms with Gasteiger partial charge in [0.15, 0.2) is 0 Å². The summed E-state index contributed by atoms with van der Waals surface area (Å²) < 4.78 is 0. The van der Waals surface area contributed by atoms with Crippen LogP contribution in [0.25, 0.3) is 11.4 Å². The molecule has 0 amide bonds. The summed E-state index contributed by atoms with van der Waals surface area (Å²) in [6.45, 7) is 2.26. The molecule has 0 bridgehead atoms. The van der Waals surface area contributed by atoms with Crippen molar-refractivity contribution in [2.24, 2.45) is 0 Å². The maximum absolute atomic E-state index is 12.4. The topological polar surface area (TPSA) is 74.8 Å². The highest BCUT2D eigenvalue weighted by Crippen LogP contribution is 2.19. The van der Waals surface area contributed by atoms with Crippen LogP contribution in [-0.4, -0.2) is 31.4 Å². The van der Waals surface area contributed by atoms with Crippen molar-refractivity contribution in [3.05, 3.63) is 76.2 Å². The van der Waals surface area contributed by atoms with Crippen molar-refractivity contribution < 1.29 is 0 Å². The molecule has 0 radical (unpaired) electrons. The van der Waals surface area contributed by atoms with Gasteiger partial charge < -0.3 is 4.98 Å². The van der Waals surface area contributed by atoms with E-state index in [9.17, 15) is 4.79 Å². The van der Waals surface area contributed by atoms with Crippen LogP contribution in [0.15, 0.2) is 53.7 Å². The van der Waals surface area contributed by atoms with Crippen LogP contribution in [0, 0.1) is 0 Å². The lowest BCUT2D eigenvalue weighted by molar-refractivity contribution is 0.238. The van der Waals surface area contributed by atoms with Crippen molar-refractivity contribution in [2.45, 2.75) is 19.5 Å². The summed E-state index contributed by atoms with van der Waals surface area (Å²) in [4.78, 5) is 30.6. The molecule has 0 spiro atoms. The fraction of sp³-hybridized carbons (Fsp3) is 0.222. The second-order valence-corrected chi connectivity index (χ2v) is 5.86. The van der Waals surface area contributed by atoms with Gasteiger partial charge in [0.2, 0.25) is 0 Å². The summed E-state index contributed by atoms with van der Waals surface area (Å²) in [5.74, 6) is 0.598. The lowest BCUT2D eigenvalue weighted by Gasteiger charge is -2.27. The highest BCUT2D eigenvalue weighted by Gasteiger charge is 2.21. The fourth-order valence-corrected chi connectivity index (χ4v) is 3.00. The molecular formula is C18H17N5O. The van der Waals surface area contributed by atoms with E-state index in [0.29, 0.717) is 18.8 Å². The van der Waals surface area contributed by atoms with E-state index in [1.54, 1.807) is 18.6 Å². The van der Waals surface area contributed by atoms with E-state index in [2.05, 4.69) is 19.9 Å². The lowest BCUT2D eigenvalue weighted by Crippen LogP contribution is -2.35.